The third kappa shape index (κ3) is 2.11. The van der Waals surface area contributed by atoms with Crippen molar-refractivity contribution in [2.24, 2.45) is 11.7 Å². The summed E-state index contributed by atoms with van der Waals surface area (Å²) in [5.41, 5.74) is 6.88. The number of pyridine rings is 1. The third-order valence-corrected chi connectivity index (χ3v) is 2.95. The van der Waals surface area contributed by atoms with Crippen LogP contribution in [0.5, 0.6) is 0 Å². The van der Waals surface area contributed by atoms with Crippen LogP contribution in [0.25, 0.3) is 0 Å². The van der Waals surface area contributed by atoms with Crippen molar-refractivity contribution in [1.82, 2.24) is 10.3 Å². The molecule has 3 N–H and O–H groups in total. The van der Waals surface area contributed by atoms with Gasteiger partial charge in [0.25, 0.3) is 0 Å². The van der Waals surface area contributed by atoms with Gasteiger partial charge in [-0.25, -0.2) is 0 Å². The van der Waals surface area contributed by atoms with Gasteiger partial charge in [-0.3, -0.25) is 4.98 Å². The number of hydrogen-bond acceptors (Lipinski definition) is 3. The van der Waals surface area contributed by atoms with E-state index in [0.29, 0.717) is 12.0 Å². The quantitative estimate of drug-likeness (QED) is 0.734. The first-order chi connectivity index (χ1) is 6.90. The van der Waals surface area contributed by atoms with Crippen LogP contribution in [0.1, 0.15) is 12.1 Å². The van der Waals surface area contributed by atoms with Gasteiger partial charge in [-0.05, 0) is 37.6 Å². The molecule has 1 saturated heterocycles. The molecule has 3 heteroatoms. The maximum Gasteiger partial charge on any atom is 0.0419 e. The maximum atomic E-state index is 5.72. The molecule has 2 atom stereocenters. The van der Waals surface area contributed by atoms with E-state index in [9.17, 15) is 0 Å². The molecule has 76 valence electrons. The Bertz CT molecular complexity index is 273. The van der Waals surface area contributed by atoms with Gasteiger partial charge in [-0.1, -0.05) is 6.07 Å². The van der Waals surface area contributed by atoms with Crippen LogP contribution in [0, 0.1) is 5.92 Å². The van der Waals surface area contributed by atoms with E-state index in [1.54, 1.807) is 0 Å². The number of nitrogens with zero attached hydrogens (tertiary/aromatic N) is 1. The molecule has 0 aliphatic carbocycles. The van der Waals surface area contributed by atoms with Gasteiger partial charge in [0.2, 0.25) is 0 Å². The molecule has 3 nitrogen and oxygen atoms in total. The monoisotopic (exact) mass is 191 g/mol. The molecule has 14 heavy (non-hydrogen) atoms. The van der Waals surface area contributed by atoms with Gasteiger partial charge >= 0.3 is 0 Å². The van der Waals surface area contributed by atoms with Gasteiger partial charge in [0.1, 0.15) is 0 Å². The van der Waals surface area contributed by atoms with Crippen molar-refractivity contribution >= 4 is 0 Å². The molecule has 1 aliphatic heterocycles. The number of nitrogens with one attached hydrogen (secondary N) is 1. The van der Waals surface area contributed by atoms with E-state index >= 15 is 0 Å². The summed E-state index contributed by atoms with van der Waals surface area (Å²) in [6, 6.07) is 6.59. The predicted octanol–water partition coefficient (Wildman–Crippen LogP) is 0.561. The molecule has 0 amide bonds. The molecular formula is C11H17N3. The van der Waals surface area contributed by atoms with Crippen molar-refractivity contribution in [2.45, 2.75) is 18.9 Å². The Kier molecular flexibility index (Phi) is 3.11. The number of nitrogens with two attached hydrogens (primary N) is 1. The molecule has 1 fully saturated rings. The van der Waals surface area contributed by atoms with E-state index < -0.39 is 0 Å². The van der Waals surface area contributed by atoms with Crippen LogP contribution in [0.3, 0.4) is 0 Å². The van der Waals surface area contributed by atoms with Crippen molar-refractivity contribution in [3.05, 3.63) is 30.1 Å². The summed E-state index contributed by atoms with van der Waals surface area (Å²) >= 11 is 0. The van der Waals surface area contributed by atoms with Crippen molar-refractivity contribution in [1.29, 1.82) is 0 Å². The van der Waals surface area contributed by atoms with E-state index in [2.05, 4.69) is 16.4 Å². The fourth-order valence-electron chi connectivity index (χ4n) is 2.09. The van der Waals surface area contributed by atoms with Gasteiger partial charge in [0, 0.05) is 24.4 Å². The molecular weight excluding hydrogens is 174 g/mol. The highest BCUT2D eigenvalue weighted by Crippen LogP contribution is 2.17. The van der Waals surface area contributed by atoms with Crippen LogP contribution in [-0.4, -0.2) is 24.1 Å². The SMILES string of the molecule is NCC1CCNC1Cc1ccccn1. The van der Waals surface area contributed by atoms with Crippen LogP contribution in [-0.2, 0) is 6.42 Å². The van der Waals surface area contributed by atoms with E-state index in [4.69, 9.17) is 5.73 Å². The van der Waals surface area contributed by atoms with E-state index in [1.165, 1.54) is 6.42 Å². The summed E-state index contributed by atoms with van der Waals surface area (Å²) in [5.74, 6) is 0.622. The van der Waals surface area contributed by atoms with Crippen molar-refractivity contribution in [3.63, 3.8) is 0 Å². The van der Waals surface area contributed by atoms with Gasteiger partial charge < -0.3 is 11.1 Å². The molecule has 2 heterocycles. The third-order valence-electron chi connectivity index (χ3n) is 2.95. The summed E-state index contributed by atoms with van der Waals surface area (Å²) in [7, 11) is 0. The minimum Gasteiger partial charge on any atom is -0.330 e. The lowest BCUT2D eigenvalue weighted by Crippen LogP contribution is -2.33. The Hall–Kier alpha value is -0.930. The molecule has 1 aliphatic rings. The summed E-state index contributed by atoms with van der Waals surface area (Å²) in [6.45, 7) is 1.88. The molecule has 2 unspecified atom stereocenters. The standard InChI is InChI=1S/C11H17N3/c12-8-9-4-6-14-11(9)7-10-3-1-2-5-13-10/h1-3,5,9,11,14H,4,6-8,12H2. The summed E-state index contributed by atoms with van der Waals surface area (Å²) in [6.07, 6.45) is 4.05. The van der Waals surface area contributed by atoms with Gasteiger partial charge in [0.15, 0.2) is 0 Å². The van der Waals surface area contributed by atoms with Gasteiger partial charge in [0.05, 0.1) is 0 Å². The lowest BCUT2D eigenvalue weighted by atomic mass is 9.97. The molecule has 0 saturated carbocycles. The van der Waals surface area contributed by atoms with Crippen LogP contribution in [0.4, 0.5) is 0 Å². The molecule has 0 radical (unpaired) electrons. The van der Waals surface area contributed by atoms with E-state index in [-0.39, 0.29) is 0 Å². The first-order valence-corrected chi connectivity index (χ1v) is 5.23. The molecule has 0 spiro atoms. The molecule has 0 aromatic carbocycles. The fourth-order valence-corrected chi connectivity index (χ4v) is 2.09. The van der Waals surface area contributed by atoms with Crippen molar-refractivity contribution in [3.8, 4) is 0 Å². The Morgan fingerprint density at radius 3 is 3.14 bits per heavy atom. The van der Waals surface area contributed by atoms with Crippen LogP contribution >= 0.6 is 0 Å². The maximum absolute atomic E-state index is 5.72. The lowest BCUT2D eigenvalue weighted by Gasteiger charge is -2.17. The highest BCUT2D eigenvalue weighted by molar-refractivity contribution is 5.06. The van der Waals surface area contributed by atoms with Crippen molar-refractivity contribution < 1.29 is 0 Å². The topological polar surface area (TPSA) is 50.9 Å². The second kappa shape index (κ2) is 4.53. The first-order valence-electron chi connectivity index (χ1n) is 5.23. The number of rotatable bonds is 3. The predicted molar refractivity (Wildman–Crippen MR) is 56.9 cm³/mol. The van der Waals surface area contributed by atoms with Gasteiger partial charge in [-0.15, -0.1) is 0 Å². The Morgan fingerprint density at radius 1 is 1.50 bits per heavy atom. The minimum atomic E-state index is 0.523. The van der Waals surface area contributed by atoms with E-state index in [1.807, 2.05) is 18.3 Å². The summed E-state index contributed by atoms with van der Waals surface area (Å²) < 4.78 is 0. The molecule has 2 rings (SSSR count). The molecule has 1 aromatic heterocycles. The smallest absolute Gasteiger partial charge is 0.0419 e. The Morgan fingerprint density at radius 2 is 2.43 bits per heavy atom. The van der Waals surface area contributed by atoms with E-state index in [0.717, 1.165) is 25.2 Å². The average molecular weight is 191 g/mol. The first kappa shape index (κ1) is 9.62. The Balaban J connectivity index is 1.97. The minimum absolute atomic E-state index is 0.523. The van der Waals surface area contributed by atoms with Crippen LogP contribution in [0.15, 0.2) is 24.4 Å². The number of aromatic nitrogens is 1. The van der Waals surface area contributed by atoms with Crippen LogP contribution < -0.4 is 11.1 Å². The zero-order valence-corrected chi connectivity index (χ0v) is 8.32. The zero-order valence-electron chi connectivity index (χ0n) is 8.32. The molecule has 1 aromatic rings. The summed E-state index contributed by atoms with van der Waals surface area (Å²) in [4.78, 5) is 4.33. The second-order valence-corrected chi connectivity index (χ2v) is 3.87. The van der Waals surface area contributed by atoms with Crippen molar-refractivity contribution in [2.75, 3.05) is 13.1 Å². The largest absolute Gasteiger partial charge is 0.330 e. The highest BCUT2D eigenvalue weighted by atomic mass is 15.0. The molecule has 0 bridgehead atoms. The lowest BCUT2D eigenvalue weighted by molar-refractivity contribution is 0.450. The fraction of sp³-hybridized carbons (Fsp3) is 0.545. The second-order valence-electron chi connectivity index (χ2n) is 3.87. The van der Waals surface area contributed by atoms with Crippen LogP contribution in [0.2, 0.25) is 0 Å². The normalized spacial score (nSPS) is 26.6. The van der Waals surface area contributed by atoms with Gasteiger partial charge in [-0.2, -0.15) is 0 Å². The summed E-state index contributed by atoms with van der Waals surface area (Å²) in [5, 5.41) is 3.49. The Labute approximate surface area is 84.7 Å². The average Bonchev–Trinajstić information content (AvgIpc) is 2.67. The zero-order chi connectivity index (χ0) is 9.80. The highest BCUT2D eigenvalue weighted by Gasteiger charge is 2.25. The number of hydrogen-bond donors (Lipinski definition) is 2.